The average Bonchev–Trinajstić information content (AvgIpc) is 4.14. The highest BCUT2D eigenvalue weighted by Gasteiger charge is 2.50. The second-order valence-electron chi connectivity index (χ2n) is 20.4. The SMILES string of the molecule is CC(C(=O)C(C)C1(c2ccccc2)CCN(c2ccnc3c(-c4ccc(Cl)cc4)c(-c4ccccc4Cl)nn23)CC1)C1(c2ccccc2)CCN(c2ccnc3c(-c4ccc(Cl)cc4)c(-c4ccccc4Cl)nn23)CC1. The van der Waals surface area contributed by atoms with Gasteiger partial charge in [0.15, 0.2) is 11.3 Å². The van der Waals surface area contributed by atoms with Crippen LogP contribution in [0.15, 0.2) is 182 Å². The van der Waals surface area contributed by atoms with Gasteiger partial charge in [0.05, 0.1) is 21.2 Å². The minimum Gasteiger partial charge on any atom is -0.356 e. The van der Waals surface area contributed by atoms with Gasteiger partial charge in [0.25, 0.3) is 0 Å². The molecule has 2 atom stereocenters. The van der Waals surface area contributed by atoms with Crippen molar-refractivity contribution in [2.45, 2.75) is 50.4 Å². The van der Waals surface area contributed by atoms with Gasteiger partial charge < -0.3 is 9.80 Å². The van der Waals surface area contributed by atoms with Crippen LogP contribution in [-0.2, 0) is 15.6 Å². The Morgan fingerprint density at radius 1 is 0.461 bits per heavy atom. The van der Waals surface area contributed by atoms with Crippen molar-refractivity contribution >= 4 is 75.1 Å². The minimum atomic E-state index is -0.418. The molecule has 2 saturated heterocycles. The Hall–Kier alpha value is -7.01. The maximum atomic E-state index is 15.9. The van der Waals surface area contributed by atoms with Gasteiger partial charge in [-0.25, -0.2) is 9.97 Å². The van der Waals surface area contributed by atoms with Crippen LogP contribution in [0, 0.1) is 11.8 Å². The third-order valence-corrected chi connectivity index (χ3v) is 17.9. The van der Waals surface area contributed by atoms with Gasteiger partial charge in [-0.15, -0.1) is 0 Å². The molecule has 2 unspecified atom stereocenters. The number of halogens is 4. The van der Waals surface area contributed by atoms with E-state index < -0.39 is 10.8 Å². The number of carbonyl (C=O) groups excluding carboxylic acids is 1. The van der Waals surface area contributed by atoms with Crippen LogP contribution >= 0.6 is 46.4 Å². The van der Waals surface area contributed by atoms with Gasteiger partial charge in [-0.1, -0.05) is 182 Å². The average molecular weight is 1080 g/mol. The van der Waals surface area contributed by atoms with Crippen molar-refractivity contribution in [3.8, 4) is 44.8 Å². The third-order valence-electron chi connectivity index (χ3n) is 16.7. The summed E-state index contributed by atoms with van der Waals surface area (Å²) < 4.78 is 3.93. The Bertz CT molecular complexity index is 3490. The molecule has 380 valence electrons. The van der Waals surface area contributed by atoms with Crippen LogP contribution in [-0.4, -0.2) is 61.2 Å². The van der Waals surface area contributed by atoms with Crippen molar-refractivity contribution in [2.75, 3.05) is 36.0 Å². The van der Waals surface area contributed by atoms with Crippen molar-refractivity contribution < 1.29 is 4.79 Å². The molecule has 4 aromatic heterocycles. The molecular weight excluding hydrogens is 1030 g/mol. The standard InChI is InChI=1S/C63H54Cl4N8O/c1-41(62(45-13-5-3-6-14-45)31-37-72(38-32-62)53-29-35-68-60-55(43-21-25-47(64)26-22-43)57(70-74(53)60)49-17-9-11-19-51(49)66)59(76)42(2)63(46-15-7-4-8-16-46)33-39-73(40-34-63)54-30-36-69-61-56(44-23-27-48(65)28-24-44)58(71-75(54)61)50-18-10-12-20-52(50)67/h3-30,35-36,41-42H,31-34,37-40H2,1-2H3. The van der Waals surface area contributed by atoms with Gasteiger partial charge in [-0.3, -0.25) is 4.79 Å². The van der Waals surface area contributed by atoms with Gasteiger partial charge in [0.2, 0.25) is 0 Å². The van der Waals surface area contributed by atoms with Gasteiger partial charge in [0, 0.05) is 82.4 Å². The van der Waals surface area contributed by atoms with E-state index >= 15 is 4.79 Å². The molecule has 10 aromatic rings. The van der Waals surface area contributed by atoms with Gasteiger partial charge >= 0.3 is 0 Å². The van der Waals surface area contributed by atoms with E-state index in [4.69, 9.17) is 66.6 Å². The number of rotatable bonds is 12. The lowest BCUT2D eigenvalue weighted by molar-refractivity contribution is -0.131. The van der Waals surface area contributed by atoms with Crippen molar-refractivity contribution in [2.24, 2.45) is 11.8 Å². The summed E-state index contributed by atoms with van der Waals surface area (Å²) in [4.78, 5) is 30.5. The Morgan fingerprint density at radius 3 is 1.18 bits per heavy atom. The predicted molar refractivity (Wildman–Crippen MR) is 310 cm³/mol. The van der Waals surface area contributed by atoms with Crippen molar-refractivity contribution in [1.29, 1.82) is 0 Å². The molecule has 0 radical (unpaired) electrons. The monoisotopic (exact) mass is 1080 g/mol. The van der Waals surface area contributed by atoms with E-state index in [2.05, 4.69) is 84.3 Å². The Labute approximate surface area is 462 Å². The van der Waals surface area contributed by atoms with Crippen LogP contribution in [0.1, 0.15) is 50.7 Å². The molecule has 0 amide bonds. The molecule has 0 aliphatic carbocycles. The van der Waals surface area contributed by atoms with E-state index in [-0.39, 0.29) is 11.8 Å². The second-order valence-corrected chi connectivity index (χ2v) is 22.0. The normalized spacial score (nSPS) is 16.2. The number of aromatic nitrogens is 6. The number of piperidine rings is 2. The molecule has 2 fully saturated rings. The summed E-state index contributed by atoms with van der Waals surface area (Å²) >= 11 is 26.5. The number of carbonyl (C=O) groups is 1. The van der Waals surface area contributed by atoms with Gasteiger partial charge in [0.1, 0.15) is 28.8 Å². The van der Waals surface area contributed by atoms with Crippen LogP contribution in [0.4, 0.5) is 11.6 Å². The first-order chi connectivity index (χ1) is 37.0. The topological polar surface area (TPSA) is 83.9 Å². The maximum Gasteiger partial charge on any atom is 0.165 e. The van der Waals surface area contributed by atoms with E-state index in [9.17, 15) is 0 Å². The van der Waals surface area contributed by atoms with Crippen molar-refractivity contribution in [3.05, 3.63) is 213 Å². The zero-order valence-electron chi connectivity index (χ0n) is 42.1. The number of ketones is 1. The molecule has 6 aromatic carbocycles. The summed E-state index contributed by atoms with van der Waals surface area (Å²) in [6, 6.07) is 56.7. The molecule has 6 heterocycles. The van der Waals surface area contributed by atoms with Crippen LogP contribution in [0.2, 0.25) is 20.1 Å². The van der Waals surface area contributed by atoms with E-state index in [0.29, 0.717) is 52.1 Å². The van der Waals surface area contributed by atoms with Gasteiger partial charge in [-0.05, 0) is 96.5 Å². The van der Waals surface area contributed by atoms with E-state index in [1.54, 1.807) is 0 Å². The summed E-state index contributed by atoms with van der Waals surface area (Å²) in [7, 11) is 0. The van der Waals surface area contributed by atoms with E-state index in [1.807, 2.05) is 131 Å². The molecule has 9 nitrogen and oxygen atoms in total. The predicted octanol–water partition coefficient (Wildman–Crippen LogP) is 15.7. The lowest BCUT2D eigenvalue weighted by Gasteiger charge is -2.50. The molecule has 0 N–H and O–H groups in total. The molecule has 12 rings (SSSR count). The maximum absolute atomic E-state index is 15.9. The third kappa shape index (κ3) is 8.71. The van der Waals surface area contributed by atoms with E-state index in [0.717, 1.165) is 93.4 Å². The molecule has 76 heavy (non-hydrogen) atoms. The van der Waals surface area contributed by atoms with Crippen LogP contribution in [0.25, 0.3) is 56.1 Å². The molecule has 0 bridgehead atoms. The molecular formula is C63H54Cl4N8O. The highest BCUT2D eigenvalue weighted by atomic mass is 35.5. The largest absolute Gasteiger partial charge is 0.356 e. The first-order valence-corrected chi connectivity index (χ1v) is 27.5. The zero-order valence-corrected chi connectivity index (χ0v) is 45.2. The zero-order chi connectivity index (χ0) is 52.1. The number of anilines is 2. The highest BCUT2D eigenvalue weighted by Crippen LogP contribution is 2.50. The Morgan fingerprint density at radius 2 is 0.816 bits per heavy atom. The lowest BCUT2D eigenvalue weighted by Crippen LogP contribution is -2.53. The smallest absolute Gasteiger partial charge is 0.165 e. The molecule has 2 aliphatic rings. The van der Waals surface area contributed by atoms with Crippen LogP contribution in [0.5, 0.6) is 0 Å². The number of Topliss-reactive ketones (excluding diaryl/α,β-unsaturated/α-hetero) is 1. The summed E-state index contributed by atoms with van der Waals surface area (Å²) in [6.07, 6.45) is 6.81. The molecule has 2 aliphatic heterocycles. The van der Waals surface area contributed by atoms with Crippen molar-refractivity contribution in [3.63, 3.8) is 0 Å². The molecule has 13 heteroatoms. The first kappa shape index (κ1) is 49.8. The Kier molecular flexibility index (Phi) is 13.4. The summed E-state index contributed by atoms with van der Waals surface area (Å²) in [6.45, 7) is 7.23. The second kappa shape index (κ2) is 20.5. The number of hydrogen-bond donors (Lipinski definition) is 0. The molecule has 0 spiro atoms. The fourth-order valence-corrected chi connectivity index (χ4v) is 13.2. The number of benzene rings is 6. The van der Waals surface area contributed by atoms with Crippen LogP contribution in [0.3, 0.4) is 0 Å². The summed E-state index contributed by atoms with van der Waals surface area (Å²) in [5.74, 6) is 1.60. The van der Waals surface area contributed by atoms with Crippen LogP contribution < -0.4 is 9.80 Å². The van der Waals surface area contributed by atoms with E-state index in [1.165, 1.54) is 11.1 Å². The first-order valence-electron chi connectivity index (χ1n) is 26.0. The fraction of sp³-hybridized carbons (Fsp3) is 0.222. The number of fused-ring (bicyclic) bond motifs is 2. The van der Waals surface area contributed by atoms with Crippen molar-refractivity contribution in [1.82, 2.24) is 29.2 Å². The number of hydrogen-bond acceptors (Lipinski definition) is 7. The number of nitrogens with zero attached hydrogens (tertiary/aromatic N) is 8. The van der Waals surface area contributed by atoms with Gasteiger partial charge in [-0.2, -0.15) is 19.2 Å². The molecule has 0 saturated carbocycles. The summed E-state index contributed by atoms with van der Waals surface area (Å²) in [5.41, 5.74) is 9.83. The highest BCUT2D eigenvalue weighted by molar-refractivity contribution is 6.34. The lowest BCUT2D eigenvalue weighted by atomic mass is 9.57. The Balaban J connectivity index is 0.859. The quantitative estimate of drug-likeness (QED) is 0.120. The minimum absolute atomic E-state index is 0.283. The fourth-order valence-electron chi connectivity index (χ4n) is 12.5. The summed E-state index contributed by atoms with van der Waals surface area (Å²) in [5, 5.41) is 13.1.